The van der Waals surface area contributed by atoms with Gasteiger partial charge in [-0.15, -0.1) is 0 Å². The summed E-state index contributed by atoms with van der Waals surface area (Å²) in [6.07, 6.45) is 4.65. The second-order valence-corrected chi connectivity index (χ2v) is 9.03. The third kappa shape index (κ3) is 5.64. The second-order valence-electron chi connectivity index (χ2n) is 9.03. The number of nitrogens with zero attached hydrogens (tertiary/aromatic N) is 2. The number of fused-ring (bicyclic) bond motifs is 1. The van der Waals surface area contributed by atoms with E-state index in [1.807, 2.05) is 47.4 Å². The van der Waals surface area contributed by atoms with E-state index in [1.54, 1.807) is 4.90 Å². The monoisotopic (exact) mass is 451 g/mol. The number of hydrogen-bond donors (Lipinski definition) is 1. The Kier molecular flexibility index (Phi) is 7.47. The molecule has 7 nitrogen and oxygen atoms in total. The number of rotatable bonds is 8. The molecule has 0 saturated carbocycles. The van der Waals surface area contributed by atoms with Crippen molar-refractivity contribution < 1.29 is 19.1 Å². The molecule has 1 N–H and O–H groups in total. The van der Waals surface area contributed by atoms with E-state index < -0.39 is 0 Å². The predicted molar refractivity (Wildman–Crippen MR) is 127 cm³/mol. The van der Waals surface area contributed by atoms with Crippen molar-refractivity contribution >= 4 is 28.7 Å². The largest absolute Gasteiger partial charge is 0.447 e. The van der Waals surface area contributed by atoms with Crippen molar-refractivity contribution in [2.75, 3.05) is 26.2 Å². The number of nitrogens with one attached hydrogen (secondary N) is 1. The molecule has 0 bridgehead atoms. The van der Waals surface area contributed by atoms with E-state index in [0.29, 0.717) is 19.7 Å². The highest BCUT2D eigenvalue weighted by Crippen LogP contribution is 2.26. The Hall–Kier alpha value is -3.09. The lowest BCUT2D eigenvalue weighted by atomic mass is 10.00. The number of cyclic esters (lactones) is 1. The topological polar surface area (TPSA) is 79.0 Å². The summed E-state index contributed by atoms with van der Waals surface area (Å²) >= 11 is 0. The molecule has 3 amide bonds. The molecular weight excluding hydrogens is 418 g/mol. The van der Waals surface area contributed by atoms with Gasteiger partial charge in [0.2, 0.25) is 11.8 Å². The molecule has 1 atom stereocenters. The minimum Gasteiger partial charge on any atom is -0.447 e. The third-order valence-electron chi connectivity index (χ3n) is 6.72. The van der Waals surface area contributed by atoms with Gasteiger partial charge in [0.1, 0.15) is 6.61 Å². The maximum Gasteiger partial charge on any atom is 0.410 e. The molecule has 4 rings (SSSR count). The molecule has 2 aliphatic rings. The van der Waals surface area contributed by atoms with Crippen LogP contribution in [0.1, 0.15) is 44.6 Å². The first-order valence-electron chi connectivity index (χ1n) is 12.0. The summed E-state index contributed by atoms with van der Waals surface area (Å²) in [5.74, 6) is -0.237. The summed E-state index contributed by atoms with van der Waals surface area (Å²) < 4.78 is 5.30. The average Bonchev–Trinajstić information content (AvgIpc) is 3.21. The number of carbonyl (C=O) groups is 3. The quantitative estimate of drug-likeness (QED) is 0.666. The second kappa shape index (κ2) is 10.7. The summed E-state index contributed by atoms with van der Waals surface area (Å²) in [5.41, 5.74) is 0.926. The van der Waals surface area contributed by atoms with Crippen molar-refractivity contribution in [1.29, 1.82) is 0 Å². The highest BCUT2D eigenvalue weighted by Gasteiger charge is 2.39. The molecule has 1 unspecified atom stereocenters. The summed E-state index contributed by atoms with van der Waals surface area (Å²) in [7, 11) is 0. The molecule has 0 aromatic heterocycles. The molecule has 176 valence electrons. The van der Waals surface area contributed by atoms with Crippen LogP contribution >= 0.6 is 0 Å². The first kappa shape index (κ1) is 23.1. The van der Waals surface area contributed by atoms with E-state index >= 15 is 0 Å². The van der Waals surface area contributed by atoms with E-state index in [-0.39, 0.29) is 43.0 Å². The molecule has 2 fully saturated rings. The lowest BCUT2D eigenvalue weighted by Crippen LogP contribution is -2.51. The van der Waals surface area contributed by atoms with Gasteiger partial charge in [-0.3, -0.25) is 14.5 Å². The van der Waals surface area contributed by atoms with Crippen molar-refractivity contribution in [2.24, 2.45) is 0 Å². The van der Waals surface area contributed by atoms with Crippen molar-refractivity contribution in [3.8, 4) is 0 Å². The van der Waals surface area contributed by atoms with Crippen LogP contribution in [0.15, 0.2) is 42.5 Å². The van der Waals surface area contributed by atoms with E-state index in [0.717, 1.165) is 48.4 Å². The van der Waals surface area contributed by atoms with Gasteiger partial charge in [-0.1, -0.05) is 62.2 Å². The molecule has 0 aliphatic carbocycles. The van der Waals surface area contributed by atoms with Crippen LogP contribution in [0.4, 0.5) is 4.79 Å². The van der Waals surface area contributed by atoms with Gasteiger partial charge in [0, 0.05) is 19.1 Å². The number of amides is 3. The van der Waals surface area contributed by atoms with Gasteiger partial charge in [-0.2, -0.15) is 0 Å². The summed E-state index contributed by atoms with van der Waals surface area (Å²) in [4.78, 5) is 40.9. The number of hydrogen-bond acceptors (Lipinski definition) is 4. The Morgan fingerprint density at radius 1 is 1.09 bits per heavy atom. The summed E-state index contributed by atoms with van der Waals surface area (Å²) in [6.45, 7) is 3.80. The molecule has 7 heteroatoms. The van der Waals surface area contributed by atoms with Crippen molar-refractivity contribution in [3.05, 3.63) is 48.0 Å². The summed E-state index contributed by atoms with van der Waals surface area (Å²) in [5, 5.41) is 5.00. The van der Waals surface area contributed by atoms with Crippen LogP contribution in [-0.4, -0.2) is 66.0 Å². The van der Waals surface area contributed by atoms with E-state index in [4.69, 9.17) is 4.74 Å². The van der Waals surface area contributed by atoms with Crippen LogP contribution in [0.5, 0.6) is 0 Å². The minimum absolute atomic E-state index is 0.00195. The van der Waals surface area contributed by atoms with Gasteiger partial charge in [0.25, 0.3) is 0 Å². The first-order valence-corrected chi connectivity index (χ1v) is 12.0. The van der Waals surface area contributed by atoms with Crippen molar-refractivity contribution in [2.45, 2.75) is 57.5 Å². The lowest BCUT2D eigenvalue weighted by Gasteiger charge is -2.38. The van der Waals surface area contributed by atoms with Gasteiger partial charge in [0.05, 0.1) is 19.0 Å². The Bertz CT molecular complexity index is 1000. The maximum atomic E-state index is 12.6. The van der Waals surface area contributed by atoms with Crippen LogP contribution in [0.2, 0.25) is 0 Å². The van der Waals surface area contributed by atoms with Crippen LogP contribution in [-0.2, 0) is 20.7 Å². The van der Waals surface area contributed by atoms with E-state index in [1.165, 1.54) is 0 Å². The van der Waals surface area contributed by atoms with Crippen LogP contribution in [0, 0.1) is 0 Å². The molecule has 2 aliphatic heterocycles. The Balaban J connectivity index is 1.22. The van der Waals surface area contributed by atoms with E-state index in [2.05, 4.69) is 12.2 Å². The maximum absolute atomic E-state index is 12.6. The molecule has 0 radical (unpaired) electrons. The van der Waals surface area contributed by atoms with Crippen molar-refractivity contribution in [3.63, 3.8) is 0 Å². The minimum atomic E-state index is -0.221. The number of ether oxygens (including phenoxy) is 1. The normalized spacial score (nSPS) is 19.1. The lowest BCUT2D eigenvalue weighted by molar-refractivity contribution is -0.134. The zero-order chi connectivity index (χ0) is 23.2. The van der Waals surface area contributed by atoms with Gasteiger partial charge < -0.3 is 15.0 Å². The smallest absolute Gasteiger partial charge is 0.410 e. The highest BCUT2D eigenvalue weighted by atomic mass is 16.6. The zero-order valence-electron chi connectivity index (χ0n) is 19.3. The molecule has 2 heterocycles. The van der Waals surface area contributed by atoms with Crippen LogP contribution < -0.4 is 5.32 Å². The number of carbonyl (C=O) groups excluding carboxylic acids is 3. The number of likely N-dealkylation sites (tertiary alicyclic amines) is 1. The average molecular weight is 452 g/mol. The van der Waals surface area contributed by atoms with Crippen LogP contribution in [0.25, 0.3) is 10.8 Å². The zero-order valence-corrected chi connectivity index (χ0v) is 19.3. The fourth-order valence-electron chi connectivity index (χ4n) is 4.86. The van der Waals surface area contributed by atoms with Gasteiger partial charge in [-0.05, 0) is 35.6 Å². The number of piperidine rings is 1. The Labute approximate surface area is 195 Å². The molecule has 2 saturated heterocycles. The Morgan fingerprint density at radius 3 is 2.61 bits per heavy atom. The fourth-order valence-corrected chi connectivity index (χ4v) is 4.86. The van der Waals surface area contributed by atoms with Gasteiger partial charge in [-0.25, -0.2) is 4.79 Å². The molecule has 0 spiro atoms. The van der Waals surface area contributed by atoms with Gasteiger partial charge in [0.15, 0.2) is 0 Å². The number of benzene rings is 2. The van der Waals surface area contributed by atoms with Crippen LogP contribution in [0.3, 0.4) is 0 Å². The first-order chi connectivity index (χ1) is 16.0. The Morgan fingerprint density at radius 2 is 1.85 bits per heavy atom. The standard InChI is InChI=1S/C26H33N3O4/c1-2-3-8-23-18-33-26(32)29(23)22-11-13-28(14-12-22)25(31)17-27-24(30)16-19-9-10-20-6-4-5-7-21(20)15-19/h4-7,9-10,15,22-23H,2-3,8,11-14,16-18H2,1H3,(H,27,30). The molecule has 2 aromatic rings. The SMILES string of the molecule is CCCCC1COC(=O)N1C1CCN(C(=O)CNC(=O)Cc2ccc3ccccc3c2)CC1. The number of unbranched alkanes of at least 4 members (excludes halogenated alkanes) is 1. The van der Waals surface area contributed by atoms with Crippen molar-refractivity contribution in [1.82, 2.24) is 15.1 Å². The fraction of sp³-hybridized carbons (Fsp3) is 0.500. The van der Waals surface area contributed by atoms with Gasteiger partial charge >= 0.3 is 6.09 Å². The van der Waals surface area contributed by atoms with E-state index in [9.17, 15) is 14.4 Å². The third-order valence-corrected chi connectivity index (χ3v) is 6.72. The highest BCUT2D eigenvalue weighted by molar-refractivity contribution is 5.88. The molecule has 2 aromatic carbocycles. The molecule has 33 heavy (non-hydrogen) atoms. The predicted octanol–water partition coefficient (Wildman–Crippen LogP) is 3.50. The molecular formula is C26H33N3O4. The summed E-state index contributed by atoms with van der Waals surface area (Å²) in [6, 6.07) is 14.3.